The number of hydrogen-bond donors (Lipinski definition) is 0. The van der Waals surface area contributed by atoms with Gasteiger partial charge in [0.05, 0.1) is 5.97 Å². The third-order valence-electron chi connectivity index (χ3n) is 2.33. The van der Waals surface area contributed by atoms with Gasteiger partial charge in [-0.1, -0.05) is 6.92 Å². The maximum atomic E-state index is 11.4. The molecule has 0 aromatic heterocycles. The van der Waals surface area contributed by atoms with Crippen LogP contribution in [0.5, 0.6) is 0 Å². The van der Waals surface area contributed by atoms with E-state index in [2.05, 4.69) is 6.92 Å². The van der Waals surface area contributed by atoms with Crippen LogP contribution in [0.15, 0.2) is 12.2 Å². The second kappa shape index (κ2) is 4.79. The number of carbonyl (C=O) groups excluding carboxylic acids is 2. The molecule has 0 unspecified atom stereocenters. The maximum absolute atomic E-state index is 11.4. The van der Waals surface area contributed by atoms with Crippen LogP contribution in [0.4, 0.5) is 0 Å². The third-order valence-corrected chi connectivity index (χ3v) is 2.33. The van der Waals surface area contributed by atoms with E-state index in [1.807, 2.05) is 0 Å². The van der Waals surface area contributed by atoms with Crippen LogP contribution in [0.1, 0.15) is 19.8 Å². The van der Waals surface area contributed by atoms with Crippen molar-refractivity contribution in [2.24, 2.45) is 5.92 Å². The predicted octanol–water partition coefficient (Wildman–Crippen LogP) is -0.449. The van der Waals surface area contributed by atoms with Gasteiger partial charge in [-0.3, -0.25) is 4.79 Å². The Labute approximate surface area is 83.2 Å². The number of carboxylic acid groups (broad SMARTS) is 1. The molecule has 1 aliphatic heterocycles. The van der Waals surface area contributed by atoms with Gasteiger partial charge < -0.3 is 14.8 Å². The Morgan fingerprint density at radius 1 is 1.43 bits per heavy atom. The minimum atomic E-state index is -1.33. The Balaban J connectivity index is 2.47. The van der Waals surface area contributed by atoms with Crippen molar-refractivity contribution in [2.45, 2.75) is 19.8 Å². The topological polar surface area (TPSA) is 60.4 Å². The lowest BCUT2D eigenvalue weighted by Gasteiger charge is -2.30. The lowest BCUT2D eigenvalue weighted by atomic mass is 10.0. The molecular formula is C10H14NO3-. The first-order valence-electron chi connectivity index (χ1n) is 4.77. The number of amides is 1. The summed E-state index contributed by atoms with van der Waals surface area (Å²) in [6.45, 7) is 3.53. The van der Waals surface area contributed by atoms with E-state index in [0.29, 0.717) is 5.92 Å². The van der Waals surface area contributed by atoms with Crippen LogP contribution >= 0.6 is 0 Å². The van der Waals surface area contributed by atoms with E-state index in [0.717, 1.165) is 38.1 Å². The average molecular weight is 196 g/mol. The molecule has 1 atom stereocenters. The SMILES string of the molecule is C[C@@H]1CCCN(C(=O)/C=C\C(=O)[O-])C1. The number of piperidine rings is 1. The number of nitrogens with zero attached hydrogens (tertiary/aromatic N) is 1. The number of carbonyl (C=O) groups is 2. The lowest BCUT2D eigenvalue weighted by Crippen LogP contribution is -2.38. The highest BCUT2D eigenvalue weighted by Crippen LogP contribution is 2.15. The number of likely N-dealkylation sites (tertiary alicyclic amines) is 1. The molecule has 0 saturated carbocycles. The smallest absolute Gasteiger partial charge is 0.246 e. The van der Waals surface area contributed by atoms with Crippen LogP contribution < -0.4 is 5.11 Å². The molecule has 1 aliphatic rings. The summed E-state index contributed by atoms with van der Waals surface area (Å²) in [4.78, 5) is 23.2. The van der Waals surface area contributed by atoms with E-state index in [1.165, 1.54) is 0 Å². The number of carboxylic acids is 1. The van der Waals surface area contributed by atoms with Gasteiger partial charge in [-0.05, 0) is 24.8 Å². The standard InChI is InChI=1S/C10H15NO3/c1-8-3-2-6-11(7-8)9(12)4-5-10(13)14/h4-5,8H,2-3,6-7H2,1H3,(H,13,14)/p-1/b5-4-/t8-/m1/s1. The van der Waals surface area contributed by atoms with E-state index < -0.39 is 5.97 Å². The number of hydrogen-bond acceptors (Lipinski definition) is 3. The van der Waals surface area contributed by atoms with Crippen molar-refractivity contribution in [1.82, 2.24) is 4.90 Å². The zero-order valence-electron chi connectivity index (χ0n) is 8.23. The lowest BCUT2D eigenvalue weighted by molar-refractivity contribution is -0.297. The molecule has 1 fully saturated rings. The van der Waals surface area contributed by atoms with Gasteiger partial charge in [0.1, 0.15) is 0 Å². The zero-order valence-corrected chi connectivity index (χ0v) is 8.23. The van der Waals surface area contributed by atoms with Crippen molar-refractivity contribution in [3.05, 3.63) is 12.2 Å². The Bertz CT molecular complexity index is 260. The van der Waals surface area contributed by atoms with E-state index >= 15 is 0 Å². The van der Waals surface area contributed by atoms with Crippen LogP contribution in [-0.4, -0.2) is 29.9 Å². The molecule has 4 heteroatoms. The van der Waals surface area contributed by atoms with Crippen LogP contribution in [0.2, 0.25) is 0 Å². The summed E-state index contributed by atoms with van der Waals surface area (Å²) in [5, 5.41) is 10.1. The van der Waals surface area contributed by atoms with Gasteiger partial charge in [-0.2, -0.15) is 0 Å². The fourth-order valence-electron chi connectivity index (χ4n) is 1.63. The van der Waals surface area contributed by atoms with Gasteiger partial charge in [0, 0.05) is 19.2 Å². The van der Waals surface area contributed by atoms with Crippen LogP contribution in [0.25, 0.3) is 0 Å². The molecule has 0 aromatic rings. The van der Waals surface area contributed by atoms with Crippen molar-refractivity contribution < 1.29 is 14.7 Å². The first kappa shape index (κ1) is 10.8. The Morgan fingerprint density at radius 3 is 2.71 bits per heavy atom. The molecule has 1 amide bonds. The first-order valence-corrected chi connectivity index (χ1v) is 4.77. The monoisotopic (exact) mass is 196 g/mol. The molecule has 0 spiro atoms. The summed E-state index contributed by atoms with van der Waals surface area (Å²) in [6, 6.07) is 0. The maximum Gasteiger partial charge on any atom is 0.246 e. The molecule has 1 saturated heterocycles. The highest BCUT2D eigenvalue weighted by molar-refractivity contribution is 5.93. The van der Waals surface area contributed by atoms with Crippen molar-refractivity contribution >= 4 is 11.9 Å². The molecule has 1 heterocycles. The van der Waals surface area contributed by atoms with Gasteiger partial charge in [-0.25, -0.2) is 0 Å². The van der Waals surface area contributed by atoms with Gasteiger partial charge in [-0.15, -0.1) is 0 Å². The van der Waals surface area contributed by atoms with Gasteiger partial charge in [0.25, 0.3) is 0 Å². The largest absolute Gasteiger partial charge is 0.545 e. The Hall–Kier alpha value is -1.32. The molecule has 1 rings (SSSR count). The van der Waals surface area contributed by atoms with E-state index in [4.69, 9.17) is 0 Å². The highest BCUT2D eigenvalue weighted by Gasteiger charge is 2.18. The van der Waals surface area contributed by atoms with E-state index in [1.54, 1.807) is 4.90 Å². The zero-order chi connectivity index (χ0) is 10.6. The van der Waals surface area contributed by atoms with Gasteiger partial charge >= 0.3 is 0 Å². The summed E-state index contributed by atoms with van der Waals surface area (Å²) in [6.07, 6.45) is 3.97. The summed E-state index contributed by atoms with van der Waals surface area (Å²) >= 11 is 0. The van der Waals surface area contributed by atoms with E-state index in [-0.39, 0.29) is 5.91 Å². The molecule has 0 N–H and O–H groups in total. The summed E-state index contributed by atoms with van der Waals surface area (Å²) in [5.74, 6) is -1.06. The third kappa shape index (κ3) is 3.20. The normalized spacial score (nSPS) is 22.6. The van der Waals surface area contributed by atoms with Gasteiger partial charge in [0.2, 0.25) is 5.91 Å². The van der Waals surface area contributed by atoms with Crippen molar-refractivity contribution in [2.75, 3.05) is 13.1 Å². The minimum absolute atomic E-state index is 0.235. The molecule has 78 valence electrons. The number of rotatable bonds is 2. The molecule has 14 heavy (non-hydrogen) atoms. The first-order chi connectivity index (χ1) is 6.59. The Kier molecular flexibility index (Phi) is 3.68. The fourth-order valence-corrected chi connectivity index (χ4v) is 1.63. The Morgan fingerprint density at radius 2 is 2.14 bits per heavy atom. The second-order valence-corrected chi connectivity index (χ2v) is 3.68. The summed E-state index contributed by atoms with van der Waals surface area (Å²) in [7, 11) is 0. The molecular weight excluding hydrogens is 182 g/mol. The van der Waals surface area contributed by atoms with Crippen LogP contribution in [0.3, 0.4) is 0 Å². The minimum Gasteiger partial charge on any atom is -0.545 e. The van der Waals surface area contributed by atoms with Gasteiger partial charge in [0.15, 0.2) is 0 Å². The molecule has 4 nitrogen and oxygen atoms in total. The van der Waals surface area contributed by atoms with Crippen molar-refractivity contribution in [3.8, 4) is 0 Å². The van der Waals surface area contributed by atoms with E-state index in [9.17, 15) is 14.7 Å². The highest BCUT2D eigenvalue weighted by atomic mass is 16.4. The second-order valence-electron chi connectivity index (χ2n) is 3.68. The predicted molar refractivity (Wildman–Crippen MR) is 49.1 cm³/mol. The average Bonchev–Trinajstić information content (AvgIpc) is 2.14. The molecule has 0 radical (unpaired) electrons. The summed E-state index contributed by atoms with van der Waals surface area (Å²) in [5.41, 5.74) is 0. The molecule has 0 aliphatic carbocycles. The number of aliphatic carboxylic acids is 1. The van der Waals surface area contributed by atoms with Crippen LogP contribution in [0, 0.1) is 5.92 Å². The van der Waals surface area contributed by atoms with Crippen molar-refractivity contribution in [3.63, 3.8) is 0 Å². The fraction of sp³-hybridized carbons (Fsp3) is 0.600. The quantitative estimate of drug-likeness (QED) is 0.562. The van der Waals surface area contributed by atoms with Crippen LogP contribution in [-0.2, 0) is 9.59 Å². The molecule has 0 aromatic carbocycles. The van der Waals surface area contributed by atoms with Crippen molar-refractivity contribution in [1.29, 1.82) is 0 Å². The summed E-state index contributed by atoms with van der Waals surface area (Å²) < 4.78 is 0. The molecule has 0 bridgehead atoms.